The van der Waals surface area contributed by atoms with Gasteiger partial charge in [0.1, 0.15) is 5.75 Å². The van der Waals surface area contributed by atoms with Crippen LogP contribution in [0.4, 0.5) is 5.69 Å². The monoisotopic (exact) mass is 535 g/mol. The number of nitrogens with one attached hydrogen (secondary N) is 2. The quantitative estimate of drug-likeness (QED) is 0.372. The number of benzene rings is 3. The van der Waals surface area contributed by atoms with Crippen LogP contribution < -0.4 is 15.4 Å². The molecule has 5 atom stereocenters. The molecule has 3 aromatic carbocycles. The van der Waals surface area contributed by atoms with Gasteiger partial charge in [0.2, 0.25) is 11.8 Å². The number of methoxy groups -OCH3 is 1. The van der Waals surface area contributed by atoms with E-state index in [1.54, 1.807) is 19.3 Å². The van der Waals surface area contributed by atoms with Crippen LogP contribution >= 0.6 is 0 Å². The Labute approximate surface area is 236 Å². The van der Waals surface area contributed by atoms with Crippen LogP contribution in [0.2, 0.25) is 0 Å². The number of fused-ring (bicyclic) bond motifs is 3. The molecule has 0 aromatic heterocycles. The second-order valence-corrected chi connectivity index (χ2v) is 11.2. The number of likely N-dealkylation sites (tertiary alicyclic amines) is 1. The molecule has 3 aromatic rings. The summed E-state index contributed by atoms with van der Waals surface area (Å²) in [5.74, 6) is 0.894. The van der Waals surface area contributed by atoms with Crippen molar-refractivity contribution in [2.75, 3.05) is 19.0 Å². The van der Waals surface area contributed by atoms with Crippen LogP contribution in [-0.2, 0) is 9.59 Å². The number of hydrogen-bond acceptors (Lipinski definition) is 4. The van der Waals surface area contributed by atoms with E-state index in [0.29, 0.717) is 5.92 Å². The molecule has 2 heterocycles. The molecule has 0 unspecified atom stereocenters. The van der Waals surface area contributed by atoms with Gasteiger partial charge in [0.25, 0.3) is 0 Å². The van der Waals surface area contributed by atoms with Gasteiger partial charge in [0.05, 0.1) is 25.1 Å². The minimum absolute atomic E-state index is 0.0309. The Morgan fingerprint density at radius 3 is 2.48 bits per heavy atom. The summed E-state index contributed by atoms with van der Waals surface area (Å²) in [6.07, 6.45) is 7.98. The molecular formula is C34H37N3O3. The molecule has 6 nitrogen and oxygen atoms in total. The first kappa shape index (κ1) is 26.2. The van der Waals surface area contributed by atoms with Crippen molar-refractivity contribution in [3.05, 3.63) is 102 Å². The fourth-order valence-corrected chi connectivity index (χ4v) is 6.89. The summed E-state index contributed by atoms with van der Waals surface area (Å²) in [4.78, 5) is 29.3. The normalized spacial score (nSPS) is 25.5. The molecule has 2 amide bonds. The zero-order valence-electron chi connectivity index (χ0n) is 23.0. The smallest absolute Gasteiger partial charge is 0.244 e. The molecule has 0 bridgehead atoms. The molecule has 2 aliphatic heterocycles. The maximum atomic E-state index is 14.3. The summed E-state index contributed by atoms with van der Waals surface area (Å²) >= 11 is 0. The largest absolute Gasteiger partial charge is 0.497 e. The molecular weight excluding hydrogens is 498 g/mol. The number of carbonyl (C=O) groups excluding carboxylic acids is 2. The van der Waals surface area contributed by atoms with Gasteiger partial charge in [-0.2, -0.15) is 0 Å². The number of anilines is 1. The van der Waals surface area contributed by atoms with Crippen molar-refractivity contribution in [3.8, 4) is 5.75 Å². The van der Waals surface area contributed by atoms with E-state index in [2.05, 4.69) is 64.1 Å². The van der Waals surface area contributed by atoms with Crippen molar-refractivity contribution >= 4 is 23.6 Å². The van der Waals surface area contributed by atoms with Crippen molar-refractivity contribution in [1.82, 2.24) is 10.2 Å². The third-order valence-corrected chi connectivity index (χ3v) is 8.86. The third kappa shape index (κ3) is 5.23. The van der Waals surface area contributed by atoms with Gasteiger partial charge in [-0.05, 0) is 60.2 Å². The first-order valence-electron chi connectivity index (χ1n) is 14.5. The molecule has 0 radical (unpaired) electrons. The molecule has 1 saturated carbocycles. The lowest BCUT2D eigenvalue weighted by atomic mass is 9.79. The van der Waals surface area contributed by atoms with Gasteiger partial charge < -0.3 is 20.3 Å². The number of nitrogens with zero attached hydrogens (tertiary/aromatic N) is 1. The van der Waals surface area contributed by atoms with Crippen LogP contribution in [0, 0.1) is 11.8 Å². The van der Waals surface area contributed by atoms with Gasteiger partial charge in [-0.1, -0.05) is 73.5 Å². The van der Waals surface area contributed by atoms with Crippen molar-refractivity contribution in [1.29, 1.82) is 0 Å². The van der Waals surface area contributed by atoms with Crippen LogP contribution in [0.5, 0.6) is 5.75 Å². The number of para-hydroxylation sites is 1. The van der Waals surface area contributed by atoms with E-state index in [0.717, 1.165) is 55.6 Å². The molecule has 2 fully saturated rings. The number of rotatable bonds is 6. The van der Waals surface area contributed by atoms with Gasteiger partial charge in [-0.15, -0.1) is 0 Å². The Morgan fingerprint density at radius 2 is 1.68 bits per heavy atom. The predicted molar refractivity (Wildman–Crippen MR) is 158 cm³/mol. The first-order valence-corrected chi connectivity index (χ1v) is 14.5. The van der Waals surface area contributed by atoms with Crippen molar-refractivity contribution < 1.29 is 14.3 Å². The topological polar surface area (TPSA) is 70.7 Å². The summed E-state index contributed by atoms with van der Waals surface area (Å²) in [6.45, 7) is 0.738. The van der Waals surface area contributed by atoms with E-state index in [9.17, 15) is 9.59 Å². The van der Waals surface area contributed by atoms with E-state index < -0.39 is 0 Å². The zero-order chi connectivity index (χ0) is 27.5. The fraction of sp³-hybridized carbons (Fsp3) is 0.353. The number of hydrogen-bond donors (Lipinski definition) is 2. The SMILES string of the molecule is COc1ccc(/C=C/C(=O)N[C@@H]2CCCC[C@@H]2C(=O)N2CC[C@@H]3[C@H](c4ccccc4)Nc4ccccc4[C@@H]32)cc1. The number of carbonyl (C=O) groups is 2. The molecule has 2 N–H and O–H groups in total. The highest BCUT2D eigenvalue weighted by molar-refractivity contribution is 5.92. The second-order valence-electron chi connectivity index (χ2n) is 11.2. The van der Waals surface area contributed by atoms with Crippen LogP contribution in [0.25, 0.3) is 6.08 Å². The minimum Gasteiger partial charge on any atom is -0.497 e. The minimum atomic E-state index is -0.206. The lowest BCUT2D eigenvalue weighted by molar-refractivity contribution is -0.139. The summed E-state index contributed by atoms with van der Waals surface area (Å²) in [5.41, 5.74) is 4.49. The van der Waals surface area contributed by atoms with Crippen molar-refractivity contribution in [2.24, 2.45) is 11.8 Å². The molecule has 1 aliphatic carbocycles. The van der Waals surface area contributed by atoms with Gasteiger partial charge in [0.15, 0.2) is 0 Å². The van der Waals surface area contributed by atoms with E-state index in [4.69, 9.17) is 4.74 Å². The summed E-state index contributed by atoms with van der Waals surface area (Å²) in [6, 6.07) is 26.6. The molecule has 40 heavy (non-hydrogen) atoms. The fourth-order valence-electron chi connectivity index (χ4n) is 6.89. The average Bonchev–Trinajstić information content (AvgIpc) is 3.46. The Morgan fingerprint density at radius 1 is 0.925 bits per heavy atom. The maximum absolute atomic E-state index is 14.3. The van der Waals surface area contributed by atoms with Crippen molar-refractivity contribution in [2.45, 2.75) is 50.2 Å². The number of amides is 2. The summed E-state index contributed by atoms with van der Waals surface area (Å²) in [5, 5.41) is 6.96. The van der Waals surface area contributed by atoms with E-state index in [-0.39, 0.29) is 35.9 Å². The number of ether oxygens (including phenoxy) is 1. The van der Waals surface area contributed by atoms with Gasteiger partial charge >= 0.3 is 0 Å². The standard InChI is InChI=1S/C34H37N3O3/c1-40-25-18-15-23(16-19-25)17-20-31(38)35-30-14-8-6-12-27(30)34(39)37-22-21-28-32(24-9-3-2-4-10-24)36-29-13-7-5-11-26(29)33(28)37/h2-5,7,9-11,13,15-20,27-28,30,32-33,36H,6,8,12,14,21-22H2,1H3,(H,35,38)/b20-17+/t27-,28+,30+,32-,33-/m0/s1. The van der Waals surface area contributed by atoms with E-state index >= 15 is 0 Å². The van der Waals surface area contributed by atoms with Gasteiger partial charge in [0, 0.05) is 30.3 Å². The predicted octanol–water partition coefficient (Wildman–Crippen LogP) is 6.14. The highest BCUT2D eigenvalue weighted by Crippen LogP contribution is 2.51. The van der Waals surface area contributed by atoms with Gasteiger partial charge in [-0.25, -0.2) is 0 Å². The second kappa shape index (κ2) is 11.6. The Kier molecular flexibility index (Phi) is 7.58. The lowest BCUT2D eigenvalue weighted by Crippen LogP contribution is -2.49. The lowest BCUT2D eigenvalue weighted by Gasteiger charge is -2.42. The maximum Gasteiger partial charge on any atom is 0.244 e. The molecule has 3 aliphatic rings. The van der Waals surface area contributed by atoms with Gasteiger partial charge in [-0.3, -0.25) is 9.59 Å². The van der Waals surface area contributed by atoms with E-state index in [1.165, 1.54) is 11.1 Å². The van der Waals surface area contributed by atoms with Crippen LogP contribution in [0.1, 0.15) is 60.9 Å². The highest BCUT2D eigenvalue weighted by atomic mass is 16.5. The van der Waals surface area contributed by atoms with Crippen molar-refractivity contribution in [3.63, 3.8) is 0 Å². The first-order chi connectivity index (χ1) is 19.6. The highest BCUT2D eigenvalue weighted by Gasteiger charge is 2.48. The van der Waals surface area contributed by atoms with Crippen LogP contribution in [0.3, 0.4) is 0 Å². The Hall–Kier alpha value is -4.06. The molecule has 0 spiro atoms. The average molecular weight is 536 g/mol. The van der Waals surface area contributed by atoms with Crippen LogP contribution in [0.15, 0.2) is 84.9 Å². The summed E-state index contributed by atoms with van der Waals surface area (Å²) < 4.78 is 5.21. The zero-order valence-corrected chi connectivity index (χ0v) is 23.0. The Bertz CT molecular complexity index is 1370. The third-order valence-electron chi connectivity index (χ3n) is 8.86. The molecule has 6 rings (SSSR count). The summed E-state index contributed by atoms with van der Waals surface area (Å²) in [7, 11) is 1.63. The molecule has 6 heteroatoms. The Balaban J connectivity index is 1.20. The molecule has 1 saturated heterocycles. The van der Waals surface area contributed by atoms with Crippen LogP contribution in [-0.4, -0.2) is 36.4 Å². The molecule has 206 valence electrons. The van der Waals surface area contributed by atoms with E-state index in [1.807, 2.05) is 30.3 Å².